The maximum atomic E-state index is 9.32. The number of nitrogens with one attached hydrogen (secondary N) is 1. The number of nitrogens with two attached hydrogens (primary N) is 1. The maximum Gasteiger partial charge on any atom is 0.0662 e. The number of aliphatic hydroxyl groups excluding tert-OH is 1. The Morgan fingerprint density at radius 1 is 1.23 bits per heavy atom. The molecule has 0 unspecified atom stereocenters. The summed E-state index contributed by atoms with van der Waals surface area (Å²) in [6, 6.07) is 1.16. The van der Waals surface area contributed by atoms with Crippen LogP contribution in [-0.4, -0.2) is 29.3 Å². The van der Waals surface area contributed by atoms with E-state index >= 15 is 0 Å². The van der Waals surface area contributed by atoms with Crippen LogP contribution in [0, 0.1) is 0 Å². The lowest BCUT2D eigenvalue weighted by Crippen LogP contribution is -2.45. The van der Waals surface area contributed by atoms with E-state index in [1.165, 1.54) is 0 Å². The smallest absolute Gasteiger partial charge is 0.0662 e. The molecule has 1 aliphatic rings. The fourth-order valence-corrected chi connectivity index (χ4v) is 1.80. The maximum absolute atomic E-state index is 9.32. The zero-order chi connectivity index (χ0) is 9.84. The average molecular weight is 186 g/mol. The fraction of sp³-hybridized carbons (Fsp3) is 1.00. The first-order chi connectivity index (χ1) is 6.09. The molecule has 2 atom stereocenters. The third kappa shape index (κ3) is 3.63. The van der Waals surface area contributed by atoms with Crippen LogP contribution in [0.1, 0.15) is 39.5 Å². The van der Waals surface area contributed by atoms with Gasteiger partial charge in [0.15, 0.2) is 0 Å². The summed E-state index contributed by atoms with van der Waals surface area (Å²) in [4.78, 5) is 0. The predicted octanol–water partition coefficient (Wildman–Crippen LogP) is 0.615. The number of hydrogen-bond acceptors (Lipinski definition) is 3. The zero-order valence-corrected chi connectivity index (χ0v) is 8.66. The van der Waals surface area contributed by atoms with Gasteiger partial charge in [-0.05, 0) is 39.5 Å². The molecule has 1 fully saturated rings. The molecule has 1 saturated carbocycles. The van der Waals surface area contributed by atoms with Gasteiger partial charge < -0.3 is 16.2 Å². The van der Waals surface area contributed by atoms with Crippen molar-refractivity contribution in [2.24, 2.45) is 5.73 Å². The van der Waals surface area contributed by atoms with Gasteiger partial charge in [-0.15, -0.1) is 0 Å². The van der Waals surface area contributed by atoms with Gasteiger partial charge in [0.05, 0.1) is 6.10 Å². The molecule has 0 heterocycles. The summed E-state index contributed by atoms with van der Waals surface area (Å²) in [7, 11) is 0. The van der Waals surface area contributed by atoms with Gasteiger partial charge in [-0.1, -0.05) is 0 Å². The molecule has 1 rings (SSSR count). The summed E-state index contributed by atoms with van der Waals surface area (Å²) in [6.45, 7) is 3.85. The number of hydrogen-bond donors (Lipinski definition) is 3. The molecule has 0 bridgehead atoms. The Balaban J connectivity index is 2.22. The molecule has 0 radical (unpaired) electrons. The van der Waals surface area contributed by atoms with Crippen molar-refractivity contribution in [2.75, 3.05) is 0 Å². The Bertz CT molecular complexity index is 142. The quantitative estimate of drug-likeness (QED) is 0.605. The Labute approximate surface area is 80.7 Å². The second-order valence-corrected chi connectivity index (χ2v) is 4.31. The van der Waals surface area contributed by atoms with Crippen molar-refractivity contribution in [2.45, 2.75) is 63.8 Å². The molecule has 0 aliphatic heterocycles. The van der Waals surface area contributed by atoms with Crippen LogP contribution in [0.2, 0.25) is 0 Å². The van der Waals surface area contributed by atoms with Crippen LogP contribution in [0.25, 0.3) is 0 Å². The lowest BCUT2D eigenvalue weighted by atomic mass is 9.91. The Hall–Kier alpha value is -0.120. The first-order valence-corrected chi connectivity index (χ1v) is 5.29. The largest absolute Gasteiger partial charge is 0.392 e. The van der Waals surface area contributed by atoms with E-state index in [2.05, 4.69) is 5.32 Å². The molecular weight excluding hydrogens is 164 g/mol. The molecule has 0 aromatic heterocycles. The zero-order valence-electron chi connectivity index (χ0n) is 8.66. The van der Waals surface area contributed by atoms with Gasteiger partial charge in [0.1, 0.15) is 0 Å². The van der Waals surface area contributed by atoms with E-state index in [-0.39, 0.29) is 12.1 Å². The number of aliphatic hydroxyl groups is 1. The molecule has 1 aliphatic carbocycles. The minimum atomic E-state index is -0.268. The van der Waals surface area contributed by atoms with Gasteiger partial charge >= 0.3 is 0 Å². The van der Waals surface area contributed by atoms with Gasteiger partial charge in [0.25, 0.3) is 0 Å². The Morgan fingerprint density at radius 3 is 2.23 bits per heavy atom. The topological polar surface area (TPSA) is 58.3 Å². The molecule has 0 aromatic carbocycles. The highest BCUT2D eigenvalue weighted by atomic mass is 16.3. The lowest BCUT2D eigenvalue weighted by Gasteiger charge is -2.30. The third-order valence-corrected chi connectivity index (χ3v) is 2.99. The fourth-order valence-electron chi connectivity index (χ4n) is 1.80. The summed E-state index contributed by atoms with van der Waals surface area (Å²) in [5, 5.41) is 12.7. The Kier molecular flexibility index (Phi) is 4.16. The van der Waals surface area contributed by atoms with E-state index < -0.39 is 0 Å². The molecule has 4 N–H and O–H groups in total. The monoisotopic (exact) mass is 186 g/mol. The highest BCUT2D eigenvalue weighted by molar-refractivity contribution is 4.81. The summed E-state index contributed by atoms with van der Waals surface area (Å²) in [6.07, 6.45) is 4.26. The van der Waals surface area contributed by atoms with Crippen molar-refractivity contribution in [1.82, 2.24) is 5.32 Å². The first-order valence-electron chi connectivity index (χ1n) is 5.29. The summed E-state index contributed by atoms with van der Waals surface area (Å²) < 4.78 is 0. The van der Waals surface area contributed by atoms with E-state index in [1.807, 2.05) is 13.8 Å². The van der Waals surface area contributed by atoms with Gasteiger partial charge in [0, 0.05) is 18.1 Å². The van der Waals surface area contributed by atoms with Gasteiger partial charge in [-0.25, -0.2) is 0 Å². The molecule has 0 spiro atoms. The molecule has 3 heteroatoms. The van der Waals surface area contributed by atoms with E-state index in [1.54, 1.807) is 0 Å². The van der Waals surface area contributed by atoms with Gasteiger partial charge in [0.2, 0.25) is 0 Å². The minimum absolute atomic E-state index is 0.194. The van der Waals surface area contributed by atoms with Gasteiger partial charge in [-0.2, -0.15) is 0 Å². The van der Waals surface area contributed by atoms with Gasteiger partial charge in [-0.3, -0.25) is 0 Å². The third-order valence-electron chi connectivity index (χ3n) is 2.99. The van der Waals surface area contributed by atoms with Crippen LogP contribution in [0.15, 0.2) is 0 Å². The van der Waals surface area contributed by atoms with Crippen LogP contribution in [0.5, 0.6) is 0 Å². The van der Waals surface area contributed by atoms with E-state index in [0.29, 0.717) is 12.1 Å². The first kappa shape index (κ1) is 11.0. The van der Waals surface area contributed by atoms with E-state index in [4.69, 9.17) is 5.73 Å². The van der Waals surface area contributed by atoms with E-state index in [0.717, 1.165) is 25.7 Å². The minimum Gasteiger partial charge on any atom is -0.392 e. The predicted molar refractivity (Wildman–Crippen MR) is 54.5 cm³/mol. The molecule has 0 aromatic rings. The van der Waals surface area contributed by atoms with Crippen LogP contribution in [0.3, 0.4) is 0 Å². The van der Waals surface area contributed by atoms with E-state index in [9.17, 15) is 5.11 Å². The molecular formula is C10H22N2O. The van der Waals surface area contributed by atoms with Crippen molar-refractivity contribution in [3.63, 3.8) is 0 Å². The highest BCUT2D eigenvalue weighted by Gasteiger charge is 2.20. The van der Waals surface area contributed by atoms with Crippen LogP contribution in [-0.2, 0) is 0 Å². The summed E-state index contributed by atoms with van der Waals surface area (Å²) >= 11 is 0. The molecule has 78 valence electrons. The summed E-state index contributed by atoms with van der Waals surface area (Å²) in [5.41, 5.74) is 5.81. The molecule has 3 nitrogen and oxygen atoms in total. The Morgan fingerprint density at radius 2 is 1.77 bits per heavy atom. The normalized spacial score (nSPS) is 34.2. The number of rotatable bonds is 3. The molecule has 0 amide bonds. The van der Waals surface area contributed by atoms with Crippen LogP contribution < -0.4 is 11.1 Å². The second kappa shape index (κ2) is 4.94. The van der Waals surface area contributed by atoms with Crippen molar-refractivity contribution in [3.8, 4) is 0 Å². The van der Waals surface area contributed by atoms with Crippen molar-refractivity contribution in [3.05, 3.63) is 0 Å². The van der Waals surface area contributed by atoms with Crippen LogP contribution in [0.4, 0.5) is 0 Å². The molecule has 13 heavy (non-hydrogen) atoms. The van der Waals surface area contributed by atoms with Crippen molar-refractivity contribution < 1.29 is 5.11 Å². The van der Waals surface area contributed by atoms with Crippen molar-refractivity contribution >= 4 is 0 Å². The standard InChI is InChI=1S/C10H22N2O/c1-7(8(2)13)12-10-5-3-9(11)4-6-10/h7-10,12-13H,3-6,11H2,1-2H3/t7-,8+,9?,10?/m1/s1. The summed E-state index contributed by atoms with van der Waals surface area (Å²) in [5.74, 6) is 0. The van der Waals surface area contributed by atoms with Crippen molar-refractivity contribution in [1.29, 1.82) is 0 Å². The highest BCUT2D eigenvalue weighted by Crippen LogP contribution is 2.17. The molecule has 0 saturated heterocycles. The lowest BCUT2D eigenvalue weighted by molar-refractivity contribution is 0.139. The van der Waals surface area contributed by atoms with Crippen LogP contribution >= 0.6 is 0 Å². The average Bonchev–Trinajstić information content (AvgIpc) is 2.08. The SMILES string of the molecule is C[C@H](O)[C@@H](C)NC1CCC(N)CC1. The second-order valence-electron chi connectivity index (χ2n) is 4.31.